The summed E-state index contributed by atoms with van der Waals surface area (Å²) >= 11 is 1.39. The second-order valence-electron chi connectivity index (χ2n) is 7.04. The molecule has 1 aromatic heterocycles. The Balaban J connectivity index is 1.57. The highest BCUT2D eigenvalue weighted by Gasteiger charge is 2.17. The quantitative estimate of drug-likeness (QED) is 0.695. The molecule has 150 valence electrons. The number of anilines is 1. The summed E-state index contributed by atoms with van der Waals surface area (Å²) in [6.45, 7) is 1.82. The number of carbonyl (C=O) groups excluding carboxylic acids is 2. The van der Waals surface area contributed by atoms with E-state index in [1.807, 2.05) is 42.8 Å². The lowest BCUT2D eigenvalue weighted by Gasteiger charge is -2.22. The van der Waals surface area contributed by atoms with Crippen molar-refractivity contribution in [1.29, 1.82) is 0 Å². The predicted octanol–water partition coefficient (Wildman–Crippen LogP) is 3.37. The van der Waals surface area contributed by atoms with E-state index < -0.39 is 0 Å². The van der Waals surface area contributed by atoms with Gasteiger partial charge in [0.1, 0.15) is 0 Å². The van der Waals surface area contributed by atoms with Crippen LogP contribution in [-0.4, -0.2) is 38.4 Å². The fourth-order valence-corrected chi connectivity index (χ4v) is 4.01. The molecule has 1 saturated carbocycles. The summed E-state index contributed by atoms with van der Waals surface area (Å²) < 4.78 is 1.89. The number of benzene rings is 1. The lowest BCUT2D eigenvalue weighted by molar-refractivity contribution is -0.119. The SMILES string of the molecule is CCC(=O)Nc1ccc(-c2nnc(SCC(=O)NC3CCCCC3)n2C)cc1. The lowest BCUT2D eigenvalue weighted by atomic mass is 9.95. The van der Waals surface area contributed by atoms with E-state index >= 15 is 0 Å². The van der Waals surface area contributed by atoms with Gasteiger partial charge in [-0.3, -0.25) is 9.59 Å². The molecule has 0 atom stereocenters. The monoisotopic (exact) mass is 401 g/mol. The smallest absolute Gasteiger partial charge is 0.230 e. The molecule has 0 bridgehead atoms. The van der Waals surface area contributed by atoms with E-state index in [1.54, 1.807) is 0 Å². The third-order valence-electron chi connectivity index (χ3n) is 4.89. The molecule has 1 aliphatic carbocycles. The number of nitrogens with one attached hydrogen (secondary N) is 2. The van der Waals surface area contributed by atoms with Gasteiger partial charge in [0.2, 0.25) is 11.8 Å². The van der Waals surface area contributed by atoms with Crippen LogP contribution >= 0.6 is 11.8 Å². The molecule has 7 nitrogen and oxygen atoms in total. The zero-order chi connectivity index (χ0) is 19.9. The second kappa shape index (κ2) is 9.73. The van der Waals surface area contributed by atoms with E-state index in [4.69, 9.17) is 0 Å². The first-order valence-corrected chi connectivity index (χ1v) is 10.8. The van der Waals surface area contributed by atoms with E-state index in [0.29, 0.717) is 23.4 Å². The molecule has 1 fully saturated rings. The van der Waals surface area contributed by atoms with Gasteiger partial charge in [0.05, 0.1) is 5.75 Å². The first-order chi connectivity index (χ1) is 13.6. The number of amides is 2. The van der Waals surface area contributed by atoms with Crippen molar-refractivity contribution in [2.75, 3.05) is 11.1 Å². The lowest BCUT2D eigenvalue weighted by Crippen LogP contribution is -2.37. The number of thioether (sulfide) groups is 1. The summed E-state index contributed by atoms with van der Waals surface area (Å²) in [5.41, 5.74) is 1.66. The summed E-state index contributed by atoms with van der Waals surface area (Å²) in [5.74, 6) is 1.10. The zero-order valence-corrected chi connectivity index (χ0v) is 17.2. The normalized spacial score (nSPS) is 14.6. The van der Waals surface area contributed by atoms with Gasteiger partial charge < -0.3 is 15.2 Å². The van der Waals surface area contributed by atoms with Crippen molar-refractivity contribution in [3.05, 3.63) is 24.3 Å². The highest BCUT2D eigenvalue weighted by molar-refractivity contribution is 7.99. The van der Waals surface area contributed by atoms with Crippen LogP contribution in [0.1, 0.15) is 45.4 Å². The molecule has 3 rings (SSSR count). The van der Waals surface area contributed by atoms with Crippen LogP contribution in [0.3, 0.4) is 0 Å². The van der Waals surface area contributed by atoms with Gasteiger partial charge in [-0.1, -0.05) is 37.9 Å². The minimum absolute atomic E-state index is 0.0170. The molecular formula is C20H27N5O2S. The van der Waals surface area contributed by atoms with E-state index in [-0.39, 0.29) is 11.8 Å². The molecule has 0 radical (unpaired) electrons. The molecule has 2 N–H and O–H groups in total. The Morgan fingerprint density at radius 3 is 2.50 bits per heavy atom. The van der Waals surface area contributed by atoms with Crippen LogP contribution in [0, 0.1) is 0 Å². The fraction of sp³-hybridized carbons (Fsp3) is 0.500. The number of aromatic nitrogens is 3. The number of nitrogens with zero attached hydrogens (tertiary/aromatic N) is 3. The van der Waals surface area contributed by atoms with Crippen LogP contribution < -0.4 is 10.6 Å². The molecule has 0 unspecified atom stereocenters. The van der Waals surface area contributed by atoms with Crippen molar-refractivity contribution in [2.24, 2.45) is 7.05 Å². The van der Waals surface area contributed by atoms with Crippen LogP contribution in [-0.2, 0) is 16.6 Å². The molecule has 1 aromatic carbocycles. The van der Waals surface area contributed by atoms with E-state index in [0.717, 1.165) is 29.9 Å². The number of hydrogen-bond donors (Lipinski definition) is 2. The maximum absolute atomic E-state index is 12.2. The van der Waals surface area contributed by atoms with Gasteiger partial charge in [0, 0.05) is 30.8 Å². The highest BCUT2D eigenvalue weighted by atomic mass is 32.2. The Labute approximate surface area is 169 Å². The molecule has 0 aliphatic heterocycles. The summed E-state index contributed by atoms with van der Waals surface area (Å²) in [4.78, 5) is 23.7. The third kappa shape index (κ3) is 5.34. The first kappa shape index (κ1) is 20.4. The molecule has 2 amide bonds. The van der Waals surface area contributed by atoms with Crippen molar-refractivity contribution in [1.82, 2.24) is 20.1 Å². The zero-order valence-electron chi connectivity index (χ0n) is 16.4. The van der Waals surface area contributed by atoms with Crippen molar-refractivity contribution < 1.29 is 9.59 Å². The van der Waals surface area contributed by atoms with E-state index in [9.17, 15) is 9.59 Å². The van der Waals surface area contributed by atoms with Gasteiger partial charge in [0.15, 0.2) is 11.0 Å². The maximum Gasteiger partial charge on any atom is 0.230 e. The van der Waals surface area contributed by atoms with E-state index in [2.05, 4.69) is 20.8 Å². The maximum atomic E-state index is 12.2. The topological polar surface area (TPSA) is 88.9 Å². The molecular weight excluding hydrogens is 374 g/mol. The molecule has 28 heavy (non-hydrogen) atoms. The van der Waals surface area contributed by atoms with Crippen molar-refractivity contribution in [3.63, 3.8) is 0 Å². The largest absolute Gasteiger partial charge is 0.353 e. The van der Waals surface area contributed by atoms with Gasteiger partial charge in [-0.25, -0.2) is 0 Å². The van der Waals surface area contributed by atoms with Crippen molar-refractivity contribution in [2.45, 2.75) is 56.6 Å². The molecule has 1 heterocycles. The molecule has 0 saturated heterocycles. The summed E-state index contributed by atoms with van der Waals surface area (Å²) in [6, 6.07) is 7.83. The molecule has 2 aromatic rings. The predicted molar refractivity (Wildman–Crippen MR) is 111 cm³/mol. The average molecular weight is 402 g/mol. The van der Waals surface area contributed by atoms with Crippen LogP contribution in [0.25, 0.3) is 11.4 Å². The Morgan fingerprint density at radius 1 is 1.11 bits per heavy atom. The highest BCUT2D eigenvalue weighted by Crippen LogP contribution is 2.24. The Bertz CT molecular complexity index is 813. The van der Waals surface area contributed by atoms with Gasteiger partial charge in [-0.05, 0) is 37.1 Å². The summed E-state index contributed by atoms with van der Waals surface area (Å²) in [6.07, 6.45) is 6.28. The fourth-order valence-electron chi connectivity index (χ4n) is 3.29. The minimum atomic E-state index is -0.0170. The standard InChI is InChI=1S/C20H27N5O2S/c1-3-17(26)21-16-11-9-14(10-12-16)19-23-24-20(25(19)2)28-13-18(27)22-15-7-5-4-6-8-15/h9-12,15H,3-8,13H2,1-2H3,(H,21,26)(H,22,27). The molecule has 0 spiro atoms. The Morgan fingerprint density at radius 2 is 1.82 bits per heavy atom. The second-order valence-corrected chi connectivity index (χ2v) is 7.98. The number of carbonyl (C=O) groups is 2. The van der Waals surface area contributed by atoms with E-state index in [1.165, 1.54) is 31.0 Å². The number of hydrogen-bond acceptors (Lipinski definition) is 5. The average Bonchev–Trinajstić information content (AvgIpc) is 3.08. The number of rotatable bonds is 7. The van der Waals surface area contributed by atoms with Gasteiger partial charge in [0.25, 0.3) is 0 Å². The minimum Gasteiger partial charge on any atom is -0.353 e. The van der Waals surface area contributed by atoms with Crippen LogP contribution in [0.5, 0.6) is 0 Å². The van der Waals surface area contributed by atoms with Crippen LogP contribution in [0.2, 0.25) is 0 Å². The van der Waals surface area contributed by atoms with Gasteiger partial charge >= 0.3 is 0 Å². The van der Waals surface area contributed by atoms with Crippen LogP contribution in [0.4, 0.5) is 5.69 Å². The van der Waals surface area contributed by atoms with Crippen molar-refractivity contribution >= 4 is 29.3 Å². The van der Waals surface area contributed by atoms with Crippen LogP contribution in [0.15, 0.2) is 29.4 Å². The Kier molecular flexibility index (Phi) is 7.08. The summed E-state index contributed by atoms with van der Waals surface area (Å²) in [7, 11) is 1.89. The van der Waals surface area contributed by atoms with Gasteiger partial charge in [-0.2, -0.15) is 0 Å². The van der Waals surface area contributed by atoms with Gasteiger partial charge in [-0.15, -0.1) is 10.2 Å². The molecule has 1 aliphatic rings. The third-order valence-corrected chi connectivity index (χ3v) is 5.91. The first-order valence-electron chi connectivity index (χ1n) is 9.78. The van der Waals surface area contributed by atoms with Crippen molar-refractivity contribution in [3.8, 4) is 11.4 Å². The molecule has 8 heteroatoms. The summed E-state index contributed by atoms with van der Waals surface area (Å²) in [5, 5.41) is 15.1. The Hall–Kier alpha value is -2.35.